The van der Waals surface area contributed by atoms with E-state index >= 15 is 0 Å². The molecule has 130 valence electrons. The quantitative estimate of drug-likeness (QED) is 0.774. The maximum Gasteiger partial charge on any atom is 0.320 e. The summed E-state index contributed by atoms with van der Waals surface area (Å²) in [6.45, 7) is 1.85. The topological polar surface area (TPSA) is 79.2 Å². The van der Waals surface area contributed by atoms with E-state index in [1.807, 2.05) is 28.3 Å². The average Bonchev–Trinajstić information content (AvgIpc) is 3.26. The molecule has 2 amide bonds. The highest BCUT2D eigenvalue weighted by atomic mass is 32.1. The van der Waals surface area contributed by atoms with E-state index in [0.717, 1.165) is 17.7 Å². The summed E-state index contributed by atoms with van der Waals surface area (Å²) in [5, 5.41) is 22.3. The zero-order valence-corrected chi connectivity index (χ0v) is 14.7. The van der Waals surface area contributed by atoms with Gasteiger partial charge in [0.05, 0.1) is 18.8 Å². The van der Waals surface area contributed by atoms with Gasteiger partial charge in [0, 0.05) is 10.9 Å². The van der Waals surface area contributed by atoms with Crippen molar-refractivity contribution < 1.29 is 9.90 Å². The zero-order valence-electron chi connectivity index (χ0n) is 13.9. The monoisotopic (exact) mass is 348 g/mol. The molecule has 24 heavy (non-hydrogen) atoms. The smallest absolute Gasteiger partial charge is 0.320 e. The van der Waals surface area contributed by atoms with Crippen LogP contribution in [0, 0.1) is 0 Å². The SMILES string of the molecule is CC(O)(CNC(=O)Nc1ccnn1C1CCCCC1)c1cccs1. The Kier molecular flexibility index (Phi) is 5.20. The van der Waals surface area contributed by atoms with Gasteiger partial charge in [-0.15, -0.1) is 11.3 Å². The highest BCUT2D eigenvalue weighted by molar-refractivity contribution is 7.10. The molecule has 3 rings (SSSR count). The van der Waals surface area contributed by atoms with Gasteiger partial charge in [-0.05, 0) is 31.2 Å². The van der Waals surface area contributed by atoms with Gasteiger partial charge < -0.3 is 10.4 Å². The van der Waals surface area contributed by atoms with Crippen molar-refractivity contribution in [1.29, 1.82) is 0 Å². The van der Waals surface area contributed by atoms with Crippen molar-refractivity contribution in [2.75, 3.05) is 11.9 Å². The fourth-order valence-corrected chi connectivity index (χ4v) is 3.90. The van der Waals surface area contributed by atoms with Gasteiger partial charge in [0.25, 0.3) is 0 Å². The predicted molar refractivity (Wildman–Crippen MR) is 95.3 cm³/mol. The lowest BCUT2D eigenvalue weighted by molar-refractivity contribution is 0.0637. The molecule has 1 atom stereocenters. The molecular formula is C17H24N4O2S. The largest absolute Gasteiger partial charge is 0.383 e. The maximum atomic E-state index is 12.2. The van der Waals surface area contributed by atoms with Crippen molar-refractivity contribution in [2.24, 2.45) is 0 Å². The number of rotatable bonds is 5. The summed E-state index contributed by atoms with van der Waals surface area (Å²) in [6.07, 6.45) is 7.61. The minimum absolute atomic E-state index is 0.150. The standard InChI is InChI=1S/C17H24N4O2S/c1-17(23,14-8-5-11-24-14)12-18-16(22)20-15-9-10-19-21(15)13-6-3-2-4-7-13/h5,8-11,13,23H,2-4,6-7,12H2,1H3,(H2,18,20,22). The van der Waals surface area contributed by atoms with Crippen molar-refractivity contribution in [1.82, 2.24) is 15.1 Å². The lowest BCUT2D eigenvalue weighted by Gasteiger charge is -2.25. The van der Waals surface area contributed by atoms with Crippen molar-refractivity contribution in [3.8, 4) is 0 Å². The summed E-state index contributed by atoms with van der Waals surface area (Å²) in [6, 6.07) is 5.59. The Morgan fingerprint density at radius 1 is 1.42 bits per heavy atom. The third kappa shape index (κ3) is 3.96. The fourth-order valence-electron chi connectivity index (χ4n) is 3.11. The Labute approximate surface area is 145 Å². The second kappa shape index (κ2) is 7.36. The first kappa shape index (κ1) is 17.0. The molecule has 0 bridgehead atoms. The number of aliphatic hydroxyl groups is 1. The average molecular weight is 348 g/mol. The third-order valence-corrected chi connectivity index (χ3v) is 5.60. The first-order valence-electron chi connectivity index (χ1n) is 8.41. The van der Waals surface area contributed by atoms with Gasteiger partial charge in [-0.3, -0.25) is 5.32 Å². The molecule has 3 N–H and O–H groups in total. The van der Waals surface area contributed by atoms with Gasteiger partial charge >= 0.3 is 6.03 Å². The number of carbonyl (C=O) groups excluding carboxylic acids is 1. The molecule has 2 heterocycles. The molecule has 0 spiro atoms. The van der Waals surface area contributed by atoms with Crippen LogP contribution in [0.3, 0.4) is 0 Å². The molecule has 0 aliphatic heterocycles. The number of anilines is 1. The van der Waals surface area contributed by atoms with E-state index in [-0.39, 0.29) is 12.6 Å². The number of hydrogen-bond donors (Lipinski definition) is 3. The number of amides is 2. The van der Waals surface area contributed by atoms with Gasteiger partial charge in [-0.25, -0.2) is 9.48 Å². The van der Waals surface area contributed by atoms with E-state index in [1.165, 1.54) is 30.6 Å². The molecule has 2 aromatic heterocycles. The highest BCUT2D eigenvalue weighted by Crippen LogP contribution is 2.30. The first-order valence-corrected chi connectivity index (χ1v) is 9.29. The summed E-state index contributed by atoms with van der Waals surface area (Å²) in [5.41, 5.74) is -1.07. The molecule has 6 nitrogen and oxygen atoms in total. The fraction of sp³-hybridized carbons (Fsp3) is 0.529. The lowest BCUT2D eigenvalue weighted by Crippen LogP contribution is -2.40. The van der Waals surface area contributed by atoms with Crippen LogP contribution in [0.1, 0.15) is 49.9 Å². The number of carbonyl (C=O) groups is 1. The molecular weight excluding hydrogens is 324 g/mol. The number of nitrogens with one attached hydrogen (secondary N) is 2. The van der Waals surface area contributed by atoms with Crippen LogP contribution in [0.25, 0.3) is 0 Å². The normalized spacial score (nSPS) is 18.1. The van der Waals surface area contributed by atoms with Crippen LogP contribution in [0.4, 0.5) is 10.6 Å². The second-order valence-electron chi connectivity index (χ2n) is 6.51. The molecule has 0 radical (unpaired) electrons. The van der Waals surface area contributed by atoms with Gasteiger partial charge in [-0.2, -0.15) is 5.10 Å². The van der Waals surface area contributed by atoms with Crippen LogP contribution in [0.5, 0.6) is 0 Å². The van der Waals surface area contributed by atoms with Crippen LogP contribution in [-0.2, 0) is 5.60 Å². The summed E-state index contributed by atoms with van der Waals surface area (Å²) >= 11 is 1.47. The van der Waals surface area contributed by atoms with E-state index in [0.29, 0.717) is 11.9 Å². The minimum Gasteiger partial charge on any atom is -0.383 e. The second-order valence-corrected chi connectivity index (χ2v) is 7.46. The Hall–Kier alpha value is -1.86. The van der Waals surface area contributed by atoms with Gasteiger partial charge in [0.15, 0.2) is 0 Å². The number of nitrogens with zero attached hydrogens (tertiary/aromatic N) is 2. The summed E-state index contributed by atoms with van der Waals surface area (Å²) in [7, 11) is 0. The Balaban J connectivity index is 1.57. The van der Waals surface area contributed by atoms with E-state index in [2.05, 4.69) is 15.7 Å². The van der Waals surface area contributed by atoms with Crippen molar-refractivity contribution in [3.05, 3.63) is 34.7 Å². The Morgan fingerprint density at radius 3 is 2.92 bits per heavy atom. The molecule has 1 unspecified atom stereocenters. The van der Waals surface area contributed by atoms with Gasteiger partial charge in [0.1, 0.15) is 11.4 Å². The first-order chi connectivity index (χ1) is 11.6. The summed E-state index contributed by atoms with van der Waals surface area (Å²) < 4.78 is 1.91. The van der Waals surface area contributed by atoms with Crippen LogP contribution in [-0.4, -0.2) is 27.5 Å². The molecule has 0 saturated heterocycles. The number of urea groups is 1. The van der Waals surface area contributed by atoms with E-state index in [9.17, 15) is 9.90 Å². The van der Waals surface area contributed by atoms with E-state index in [1.54, 1.807) is 13.1 Å². The van der Waals surface area contributed by atoms with E-state index < -0.39 is 5.60 Å². The lowest BCUT2D eigenvalue weighted by atomic mass is 9.96. The molecule has 1 aliphatic rings. The van der Waals surface area contributed by atoms with Crippen molar-refractivity contribution in [3.63, 3.8) is 0 Å². The third-order valence-electron chi connectivity index (χ3n) is 4.48. The van der Waals surface area contributed by atoms with Crippen molar-refractivity contribution >= 4 is 23.2 Å². The van der Waals surface area contributed by atoms with Crippen LogP contribution in [0.15, 0.2) is 29.8 Å². The minimum atomic E-state index is -1.07. The molecule has 0 aromatic carbocycles. The number of aromatic nitrogens is 2. The van der Waals surface area contributed by atoms with Crippen LogP contribution >= 0.6 is 11.3 Å². The maximum absolute atomic E-state index is 12.2. The zero-order chi connectivity index (χ0) is 17.0. The molecule has 1 saturated carbocycles. The van der Waals surface area contributed by atoms with Crippen LogP contribution in [0.2, 0.25) is 0 Å². The van der Waals surface area contributed by atoms with Gasteiger partial charge in [0.2, 0.25) is 0 Å². The molecule has 2 aromatic rings. The summed E-state index contributed by atoms with van der Waals surface area (Å²) in [5.74, 6) is 0.704. The molecule has 1 fully saturated rings. The predicted octanol–water partition coefficient (Wildman–Crippen LogP) is 3.48. The number of hydrogen-bond acceptors (Lipinski definition) is 4. The molecule has 1 aliphatic carbocycles. The van der Waals surface area contributed by atoms with E-state index in [4.69, 9.17) is 0 Å². The number of thiophene rings is 1. The van der Waals surface area contributed by atoms with Crippen molar-refractivity contribution in [2.45, 2.75) is 50.7 Å². The molecule has 7 heteroatoms. The Bertz CT molecular complexity index is 660. The summed E-state index contributed by atoms with van der Waals surface area (Å²) in [4.78, 5) is 13.0. The van der Waals surface area contributed by atoms with Crippen LogP contribution < -0.4 is 10.6 Å². The Morgan fingerprint density at radius 2 is 2.21 bits per heavy atom. The van der Waals surface area contributed by atoms with Gasteiger partial charge in [-0.1, -0.05) is 25.3 Å². The highest BCUT2D eigenvalue weighted by Gasteiger charge is 2.25.